The van der Waals surface area contributed by atoms with E-state index in [0.29, 0.717) is 11.1 Å². The second-order valence-electron chi connectivity index (χ2n) is 6.55. The molecule has 0 N–H and O–H groups in total. The topological polar surface area (TPSA) is 62.1 Å². The number of likely N-dealkylation sites (N-methyl/N-ethyl adjacent to an activating group) is 1. The number of hydrogen-bond acceptors (Lipinski definition) is 4. The lowest BCUT2D eigenvalue weighted by Crippen LogP contribution is -2.27. The smallest absolute Gasteiger partial charge is 0.261 e. The Morgan fingerprint density at radius 1 is 0.769 bits per heavy atom. The van der Waals surface area contributed by atoms with Crippen molar-refractivity contribution in [3.8, 4) is 0 Å². The van der Waals surface area contributed by atoms with Gasteiger partial charge in [0.2, 0.25) is 0 Å². The average molecular weight is 341 g/mol. The van der Waals surface area contributed by atoms with Crippen LogP contribution in [0.25, 0.3) is 0 Å². The van der Waals surface area contributed by atoms with E-state index in [1.807, 2.05) is 36.5 Å². The van der Waals surface area contributed by atoms with Crippen molar-refractivity contribution in [3.63, 3.8) is 0 Å². The third-order valence-corrected chi connectivity index (χ3v) is 5.09. The quantitative estimate of drug-likeness (QED) is 0.725. The Labute approximate surface area is 150 Å². The van der Waals surface area contributed by atoms with Gasteiger partial charge in [0.05, 0.1) is 22.6 Å². The molecule has 5 rings (SSSR count). The van der Waals surface area contributed by atoms with Gasteiger partial charge >= 0.3 is 0 Å². The van der Waals surface area contributed by atoms with Crippen LogP contribution in [0.2, 0.25) is 0 Å². The Balaban J connectivity index is 1.66. The second-order valence-corrected chi connectivity index (χ2v) is 6.55. The lowest BCUT2D eigenvalue weighted by Gasteiger charge is -2.13. The van der Waals surface area contributed by atoms with Crippen molar-refractivity contribution in [3.05, 3.63) is 82.3 Å². The van der Waals surface area contributed by atoms with E-state index in [2.05, 4.69) is 9.98 Å². The molecule has 0 spiro atoms. The zero-order valence-corrected chi connectivity index (χ0v) is 14.2. The molecule has 0 saturated heterocycles. The number of fused-ring (bicyclic) bond motifs is 2. The highest BCUT2D eigenvalue weighted by Crippen LogP contribution is 2.41. The van der Waals surface area contributed by atoms with Gasteiger partial charge in [-0.1, -0.05) is 24.3 Å². The molecule has 26 heavy (non-hydrogen) atoms. The predicted molar refractivity (Wildman–Crippen MR) is 99.5 cm³/mol. The number of imide groups is 1. The van der Waals surface area contributed by atoms with Gasteiger partial charge in [0.1, 0.15) is 0 Å². The standard InChI is InChI=1S/C21H15N3O2/c1-24-20(25)18(14-10-22-16-8-4-2-6-12(14)16)19(21(24)26)15-11-23-17-9-5-3-7-13(15)17/h4-11H,2-3H2,1H3. The molecular formula is C21H15N3O2. The van der Waals surface area contributed by atoms with Crippen LogP contribution in [-0.4, -0.2) is 35.2 Å². The molecule has 0 aromatic rings. The van der Waals surface area contributed by atoms with E-state index in [1.165, 1.54) is 11.9 Å². The summed E-state index contributed by atoms with van der Waals surface area (Å²) in [6, 6.07) is 0. The summed E-state index contributed by atoms with van der Waals surface area (Å²) in [6.45, 7) is 0. The number of amides is 2. The van der Waals surface area contributed by atoms with Crippen LogP contribution in [0.1, 0.15) is 12.8 Å². The minimum atomic E-state index is -0.288. The minimum absolute atomic E-state index is 0.288. The fourth-order valence-electron chi connectivity index (χ4n) is 3.79. The lowest BCUT2D eigenvalue weighted by atomic mass is 9.86. The fraction of sp³-hybridized carbons (Fsp3) is 0.143. The number of nitrogens with zero attached hydrogens (tertiary/aromatic N) is 3. The summed E-state index contributed by atoms with van der Waals surface area (Å²) in [4.78, 5) is 35.9. The summed E-state index contributed by atoms with van der Waals surface area (Å²) >= 11 is 0. The zero-order valence-electron chi connectivity index (χ0n) is 14.2. The van der Waals surface area contributed by atoms with Gasteiger partial charge in [-0.15, -0.1) is 0 Å². The number of carbonyl (C=O) groups excluding carboxylic acids is 2. The summed E-state index contributed by atoms with van der Waals surface area (Å²) in [7, 11) is 1.52. The van der Waals surface area contributed by atoms with E-state index < -0.39 is 0 Å². The third kappa shape index (κ3) is 1.91. The van der Waals surface area contributed by atoms with Gasteiger partial charge in [-0.2, -0.15) is 0 Å². The minimum Gasteiger partial charge on any atom is -0.277 e. The molecule has 0 bridgehead atoms. The predicted octanol–water partition coefficient (Wildman–Crippen LogP) is 2.73. The molecule has 0 unspecified atom stereocenters. The maximum Gasteiger partial charge on any atom is 0.261 e. The van der Waals surface area contributed by atoms with Crippen LogP contribution in [0.15, 0.2) is 92.3 Å². The van der Waals surface area contributed by atoms with Crippen LogP contribution < -0.4 is 0 Å². The van der Waals surface area contributed by atoms with Crippen molar-refractivity contribution in [2.24, 2.45) is 9.98 Å². The van der Waals surface area contributed by atoms with Crippen molar-refractivity contribution >= 4 is 23.2 Å². The highest BCUT2D eigenvalue weighted by molar-refractivity contribution is 6.29. The molecule has 5 aliphatic rings. The maximum absolute atomic E-state index is 12.9. The van der Waals surface area contributed by atoms with Gasteiger partial charge in [-0.3, -0.25) is 24.5 Å². The van der Waals surface area contributed by atoms with E-state index in [1.54, 1.807) is 12.4 Å². The van der Waals surface area contributed by atoms with Crippen LogP contribution in [-0.2, 0) is 9.59 Å². The van der Waals surface area contributed by atoms with Crippen molar-refractivity contribution in [2.75, 3.05) is 7.05 Å². The van der Waals surface area contributed by atoms with Gasteiger partial charge in [0.15, 0.2) is 0 Å². The second kappa shape index (κ2) is 5.33. The number of aliphatic imine (C=N–C) groups is 2. The Morgan fingerprint density at radius 3 is 1.69 bits per heavy atom. The van der Waals surface area contributed by atoms with Gasteiger partial charge in [-0.25, -0.2) is 0 Å². The number of allylic oxidation sites excluding steroid dienone is 8. The van der Waals surface area contributed by atoms with Crippen LogP contribution in [0.3, 0.4) is 0 Å². The Hall–Kier alpha value is -3.34. The van der Waals surface area contributed by atoms with Gasteiger partial charge < -0.3 is 0 Å². The van der Waals surface area contributed by atoms with Gasteiger partial charge in [0, 0.05) is 41.7 Å². The van der Waals surface area contributed by atoms with Crippen molar-refractivity contribution in [1.29, 1.82) is 0 Å². The Morgan fingerprint density at radius 2 is 1.23 bits per heavy atom. The molecule has 3 aliphatic heterocycles. The molecule has 3 heterocycles. The summed E-state index contributed by atoms with van der Waals surface area (Å²) in [5.41, 5.74) is 5.83. The average Bonchev–Trinajstić information content (AvgIpc) is 3.33. The molecule has 0 saturated carbocycles. The molecule has 126 valence electrons. The zero-order chi connectivity index (χ0) is 17.8. The number of hydrogen-bond donors (Lipinski definition) is 0. The van der Waals surface area contributed by atoms with Crippen LogP contribution in [0, 0.1) is 0 Å². The molecule has 2 amide bonds. The molecule has 2 aliphatic carbocycles. The first-order chi connectivity index (χ1) is 12.7. The molecule has 0 fully saturated rings. The first kappa shape index (κ1) is 15.0. The van der Waals surface area contributed by atoms with Crippen molar-refractivity contribution in [2.45, 2.75) is 12.8 Å². The fourth-order valence-corrected chi connectivity index (χ4v) is 3.79. The summed E-state index contributed by atoms with van der Waals surface area (Å²) in [5, 5.41) is 0. The van der Waals surface area contributed by atoms with Gasteiger partial charge in [0.25, 0.3) is 11.8 Å². The Kier molecular flexibility index (Phi) is 3.06. The Bertz CT molecular complexity index is 985. The van der Waals surface area contributed by atoms with Crippen LogP contribution in [0.4, 0.5) is 0 Å². The molecule has 0 aromatic carbocycles. The molecule has 5 heteroatoms. The highest BCUT2D eigenvalue weighted by atomic mass is 16.2. The van der Waals surface area contributed by atoms with Crippen LogP contribution >= 0.6 is 0 Å². The first-order valence-corrected chi connectivity index (χ1v) is 8.55. The highest BCUT2D eigenvalue weighted by Gasteiger charge is 2.42. The van der Waals surface area contributed by atoms with E-state index >= 15 is 0 Å². The molecule has 5 nitrogen and oxygen atoms in total. The monoisotopic (exact) mass is 341 g/mol. The van der Waals surface area contributed by atoms with Crippen LogP contribution in [0.5, 0.6) is 0 Å². The van der Waals surface area contributed by atoms with E-state index in [9.17, 15) is 9.59 Å². The SMILES string of the molecule is CN1C(=O)C(C2=CN=C3C=CCC=C23)=C(C2=CN=C3C=CCC=C23)C1=O. The van der Waals surface area contributed by atoms with Crippen molar-refractivity contribution < 1.29 is 9.59 Å². The summed E-state index contributed by atoms with van der Waals surface area (Å²) in [5.74, 6) is -0.575. The van der Waals surface area contributed by atoms with Crippen molar-refractivity contribution in [1.82, 2.24) is 4.90 Å². The molecular weight excluding hydrogens is 326 g/mol. The molecule has 0 atom stereocenters. The summed E-state index contributed by atoms with van der Waals surface area (Å²) < 4.78 is 0. The third-order valence-electron chi connectivity index (χ3n) is 5.09. The lowest BCUT2D eigenvalue weighted by molar-refractivity contribution is -0.135. The van der Waals surface area contributed by atoms with E-state index in [4.69, 9.17) is 0 Å². The summed E-state index contributed by atoms with van der Waals surface area (Å²) in [6.07, 6.45) is 17.0. The van der Waals surface area contributed by atoms with E-state index in [-0.39, 0.29) is 11.8 Å². The van der Waals surface area contributed by atoms with E-state index in [0.717, 1.165) is 46.6 Å². The number of carbonyl (C=O) groups is 2. The first-order valence-electron chi connectivity index (χ1n) is 8.55. The van der Waals surface area contributed by atoms with Gasteiger partial charge in [-0.05, 0) is 25.0 Å². The normalized spacial score (nSPS) is 23.5. The largest absolute Gasteiger partial charge is 0.277 e. The maximum atomic E-state index is 12.9. The molecule has 0 aromatic heterocycles. The molecule has 0 radical (unpaired) electrons. The number of rotatable bonds is 2.